The van der Waals surface area contributed by atoms with E-state index in [2.05, 4.69) is 29.5 Å². The maximum Gasteiger partial charge on any atom is 0.134 e. The third-order valence-electron chi connectivity index (χ3n) is 4.15. The van der Waals surface area contributed by atoms with Gasteiger partial charge in [0.2, 0.25) is 0 Å². The van der Waals surface area contributed by atoms with E-state index in [1.54, 1.807) is 0 Å². The van der Waals surface area contributed by atoms with Crippen molar-refractivity contribution in [3.63, 3.8) is 0 Å². The van der Waals surface area contributed by atoms with Crippen molar-refractivity contribution in [2.75, 3.05) is 0 Å². The fourth-order valence-electron chi connectivity index (χ4n) is 2.70. The zero-order valence-corrected chi connectivity index (χ0v) is 12.2. The Bertz CT molecular complexity index is 767. The summed E-state index contributed by atoms with van der Waals surface area (Å²) in [5.74, 6) is 1.04. The van der Waals surface area contributed by atoms with Crippen LogP contribution in [0.15, 0.2) is 40.9 Å². The first kappa shape index (κ1) is 12.7. The highest BCUT2D eigenvalue weighted by Crippen LogP contribution is 2.28. The summed E-state index contributed by atoms with van der Waals surface area (Å²) < 4.78 is 8.09. The number of rotatable bonds is 5. The predicted molar refractivity (Wildman–Crippen MR) is 82.1 cm³/mol. The molecule has 21 heavy (non-hydrogen) atoms. The molecule has 0 saturated heterocycles. The van der Waals surface area contributed by atoms with Crippen molar-refractivity contribution in [3.8, 4) is 0 Å². The summed E-state index contributed by atoms with van der Waals surface area (Å²) >= 11 is 0. The van der Waals surface area contributed by atoms with Gasteiger partial charge in [0.25, 0.3) is 0 Å². The molecule has 0 aliphatic heterocycles. The molecule has 3 aromatic rings. The van der Waals surface area contributed by atoms with Crippen molar-refractivity contribution in [2.45, 2.75) is 38.9 Å². The molecule has 0 spiro atoms. The Morgan fingerprint density at radius 2 is 2.14 bits per heavy atom. The minimum atomic E-state index is 0.678. The summed E-state index contributed by atoms with van der Waals surface area (Å²) in [7, 11) is 0. The third-order valence-corrected chi connectivity index (χ3v) is 4.15. The molecule has 1 fully saturated rings. The summed E-state index contributed by atoms with van der Waals surface area (Å²) in [6.45, 7) is 3.64. The molecule has 2 heterocycles. The topological polar surface area (TPSA) is 43.0 Å². The predicted octanol–water partition coefficient (Wildman–Crippen LogP) is 3.24. The van der Waals surface area contributed by atoms with Crippen molar-refractivity contribution < 1.29 is 4.42 Å². The van der Waals surface area contributed by atoms with Gasteiger partial charge in [-0.1, -0.05) is 18.2 Å². The summed E-state index contributed by atoms with van der Waals surface area (Å²) in [5.41, 5.74) is 3.37. The summed E-state index contributed by atoms with van der Waals surface area (Å²) in [4.78, 5) is 0. The minimum absolute atomic E-state index is 0.678. The van der Waals surface area contributed by atoms with Crippen LogP contribution in [0.25, 0.3) is 11.0 Å². The average Bonchev–Trinajstić information content (AvgIpc) is 3.15. The molecule has 4 heteroatoms. The Labute approximate surface area is 123 Å². The molecular formula is C17H19N3O. The summed E-state index contributed by atoms with van der Waals surface area (Å²) in [6, 6.07) is 11.0. The maximum absolute atomic E-state index is 6.06. The van der Waals surface area contributed by atoms with Gasteiger partial charge in [-0.3, -0.25) is 4.68 Å². The highest BCUT2D eigenvalue weighted by molar-refractivity contribution is 5.82. The first-order chi connectivity index (χ1) is 10.3. The van der Waals surface area contributed by atoms with Crippen molar-refractivity contribution in [2.24, 2.45) is 0 Å². The fraction of sp³-hybridized carbons (Fsp3) is 0.353. The zero-order valence-electron chi connectivity index (χ0n) is 12.2. The number of nitrogens with one attached hydrogen (secondary N) is 1. The number of aromatic nitrogens is 2. The van der Waals surface area contributed by atoms with Gasteiger partial charge in [-0.2, -0.15) is 5.10 Å². The van der Waals surface area contributed by atoms with Gasteiger partial charge in [0.15, 0.2) is 0 Å². The van der Waals surface area contributed by atoms with Gasteiger partial charge in [-0.25, -0.2) is 0 Å². The highest BCUT2D eigenvalue weighted by atomic mass is 16.3. The van der Waals surface area contributed by atoms with Gasteiger partial charge < -0.3 is 9.73 Å². The van der Waals surface area contributed by atoms with Crippen LogP contribution < -0.4 is 5.32 Å². The van der Waals surface area contributed by atoms with E-state index in [0.29, 0.717) is 6.04 Å². The van der Waals surface area contributed by atoms with Crippen LogP contribution in [-0.2, 0) is 13.1 Å². The number of aryl methyl sites for hydroxylation is 1. The van der Waals surface area contributed by atoms with E-state index in [4.69, 9.17) is 4.42 Å². The van der Waals surface area contributed by atoms with Crippen LogP contribution in [0.3, 0.4) is 0 Å². The summed E-state index contributed by atoms with van der Waals surface area (Å²) in [6.07, 6.45) is 4.42. The largest absolute Gasteiger partial charge is 0.459 e. The molecule has 4 rings (SSSR count). The van der Waals surface area contributed by atoms with Gasteiger partial charge in [-0.15, -0.1) is 0 Å². The quantitative estimate of drug-likeness (QED) is 0.780. The van der Waals surface area contributed by atoms with E-state index >= 15 is 0 Å². The molecule has 0 amide bonds. The molecule has 1 N–H and O–H groups in total. The molecule has 1 saturated carbocycles. The molecule has 2 aromatic heterocycles. The average molecular weight is 281 g/mol. The van der Waals surface area contributed by atoms with Crippen LogP contribution in [0.1, 0.15) is 29.9 Å². The van der Waals surface area contributed by atoms with Crippen LogP contribution in [0, 0.1) is 6.92 Å². The van der Waals surface area contributed by atoms with Crippen LogP contribution >= 0.6 is 0 Å². The number of fused-ring (bicyclic) bond motifs is 1. The van der Waals surface area contributed by atoms with E-state index in [1.807, 2.05) is 29.1 Å². The van der Waals surface area contributed by atoms with Gasteiger partial charge in [0.05, 0.1) is 13.1 Å². The van der Waals surface area contributed by atoms with Gasteiger partial charge >= 0.3 is 0 Å². The monoisotopic (exact) mass is 281 g/mol. The molecule has 4 nitrogen and oxygen atoms in total. The Kier molecular flexibility index (Phi) is 3.04. The van der Waals surface area contributed by atoms with Crippen LogP contribution in [0.2, 0.25) is 0 Å². The first-order valence-corrected chi connectivity index (χ1v) is 7.52. The van der Waals surface area contributed by atoms with E-state index in [-0.39, 0.29) is 0 Å². The second-order valence-electron chi connectivity index (χ2n) is 5.79. The van der Waals surface area contributed by atoms with Crippen molar-refractivity contribution in [1.82, 2.24) is 15.1 Å². The molecule has 0 bridgehead atoms. The molecule has 1 aliphatic carbocycles. The Balaban J connectivity index is 1.72. The Morgan fingerprint density at radius 1 is 1.29 bits per heavy atom. The zero-order chi connectivity index (χ0) is 14.2. The van der Waals surface area contributed by atoms with E-state index in [1.165, 1.54) is 29.5 Å². The highest BCUT2D eigenvalue weighted by Gasteiger charge is 2.22. The van der Waals surface area contributed by atoms with E-state index in [0.717, 1.165) is 24.4 Å². The second kappa shape index (κ2) is 5.04. The lowest BCUT2D eigenvalue weighted by molar-refractivity contribution is 0.501. The summed E-state index contributed by atoms with van der Waals surface area (Å²) in [5, 5.41) is 9.14. The molecule has 108 valence electrons. The lowest BCUT2D eigenvalue weighted by atomic mass is 10.1. The Hall–Kier alpha value is -2.07. The molecular weight excluding hydrogens is 262 g/mol. The van der Waals surface area contributed by atoms with Crippen molar-refractivity contribution in [3.05, 3.63) is 53.5 Å². The van der Waals surface area contributed by atoms with Crippen LogP contribution in [-0.4, -0.2) is 15.8 Å². The number of hydrogen-bond acceptors (Lipinski definition) is 3. The lowest BCUT2D eigenvalue weighted by Gasteiger charge is -2.06. The lowest BCUT2D eigenvalue weighted by Crippen LogP contribution is -2.16. The molecule has 1 aliphatic rings. The number of nitrogens with zero attached hydrogens (tertiary/aromatic N) is 2. The molecule has 0 atom stereocenters. The van der Waals surface area contributed by atoms with Gasteiger partial charge in [0.1, 0.15) is 11.3 Å². The normalized spacial score (nSPS) is 14.9. The van der Waals surface area contributed by atoms with Crippen LogP contribution in [0.4, 0.5) is 0 Å². The van der Waals surface area contributed by atoms with Gasteiger partial charge in [-0.05, 0) is 31.9 Å². The standard InChI is InChI=1S/C17H19N3O/c1-12-8-9-19-20(12)11-15-14-4-2-3-5-16(14)21-17(15)10-18-13-6-7-13/h2-5,8-9,13,18H,6-7,10-11H2,1H3. The Morgan fingerprint density at radius 3 is 2.90 bits per heavy atom. The molecule has 0 radical (unpaired) electrons. The third kappa shape index (κ3) is 2.47. The number of benzene rings is 1. The van der Waals surface area contributed by atoms with E-state index in [9.17, 15) is 0 Å². The maximum atomic E-state index is 6.06. The second-order valence-corrected chi connectivity index (χ2v) is 5.79. The van der Waals surface area contributed by atoms with E-state index < -0.39 is 0 Å². The SMILES string of the molecule is Cc1ccnn1Cc1c(CNC2CC2)oc2ccccc12. The van der Waals surface area contributed by atoms with Crippen molar-refractivity contribution in [1.29, 1.82) is 0 Å². The number of para-hydroxylation sites is 1. The smallest absolute Gasteiger partial charge is 0.134 e. The number of hydrogen-bond donors (Lipinski definition) is 1. The van der Waals surface area contributed by atoms with Crippen LogP contribution in [0.5, 0.6) is 0 Å². The fourth-order valence-corrected chi connectivity index (χ4v) is 2.70. The molecule has 0 unspecified atom stereocenters. The number of furan rings is 1. The minimum Gasteiger partial charge on any atom is -0.459 e. The molecule has 1 aromatic carbocycles. The first-order valence-electron chi connectivity index (χ1n) is 7.52. The van der Waals surface area contributed by atoms with Gasteiger partial charge in [0, 0.05) is 28.9 Å². The van der Waals surface area contributed by atoms with Crippen molar-refractivity contribution >= 4 is 11.0 Å².